The minimum Gasteiger partial charge on any atom is -0.501 e. The molecule has 1 amide bonds. The Labute approximate surface area is 132 Å². The normalized spacial score (nSPS) is 16.3. The molecule has 0 unspecified atom stereocenters. The van der Waals surface area contributed by atoms with Crippen molar-refractivity contribution in [2.45, 2.75) is 13.8 Å². The van der Waals surface area contributed by atoms with E-state index in [2.05, 4.69) is 10.1 Å². The number of amides is 1. The number of benzene rings is 1. The van der Waals surface area contributed by atoms with E-state index in [0.29, 0.717) is 23.0 Å². The maximum atomic E-state index is 12.4. The van der Waals surface area contributed by atoms with Crippen LogP contribution in [0.15, 0.2) is 52.6 Å². The SMILES string of the molecule is CCO/C=C1\C(=O)N(c2nc(-c3ccccc3)cs2)N=C1C. The molecule has 2 heterocycles. The maximum Gasteiger partial charge on any atom is 0.285 e. The zero-order valence-corrected chi connectivity index (χ0v) is 13.1. The Kier molecular flexibility index (Phi) is 4.02. The second-order valence-corrected chi connectivity index (χ2v) is 5.51. The lowest BCUT2D eigenvalue weighted by molar-refractivity contribution is -0.114. The molecule has 6 heteroatoms. The van der Waals surface area contributed by atoms with Gasteiger partial charge in [0.2, 0.25) is 5.13 Å². The number of ether oxygens (including phenoxy) is 1. The third kappa shape index (κ3) is 2.65. The van der Waals surface area contributed by atoms with Crippen LogP contribution in [0.2, 0.25) is 0 Å². The predicted octanol–water partition coefficient (Wildman–Crippen LogP) is 3.45. The molecule has 5 nitrogen and oxygen atoms in total. The lowest BCUT2D eigenvalue weighted by atomic mass is 10.2. The van der Waals surface area contributed by atoms with Crippen LogP contribution in [0.25, 0.3) is 11.3 Å². The summed E-state index contributed by atoms with van der Waals surface area (Å²) in [4.78, 5) is 16.9. The summed E-state index contributed by atoms with van der Waals surface area (Å²) < 4.78 is 5.21. The standard InChI is InChI=1S/C16H15N3O2S/c1-3-21-9-13-11(2)18-19(15(13)20)16-17-14(10-22-16)12-7-5-4-6-8-12/h4-10H,3H2,1-2H3/b13-9-. The number of aromatic nitrogens is 1. The number of carbonyl (C=O) groups excluding carboxylic acids is 1. The van der Waals surface area contributed by atoms with Crippen LogP contribution in [-0.2, 0) is 9.53 Å². The van der Waals surface area contributed by atoms with Crippen molar-refractivity contribution < 1.29 is 9.53 Å². The highest BCUT2D eigenvalue weighted by Gasteiger charge is 2.31. The summed E-state index contributed by atoms with van der Waals surface area (Å²) in [5.74, 6) is -0.208. The molecule has 0 aliphatic carbocycles. The van der Waals surface area contributed by atoms with E-state index in [9.17, 15) is 4.79 Å². The predicted molar refractivity (Wildman–Crippen MR) is 87.9 cm³/mol. The van der Waals surface area contributed by atoms with Crippen LogP contribution in [0, 0.1) is 0 Å². The molecule has 0 bridgehead atoms. The van der Waals surface area contributed by atoms with E-state index in [1.54, 1.807) is 6.92 Å². The Morgan fingerprint density at radius 2 is 2.09 bits per heavy atom. The fraction of sp³-hybridized carbons (Fsp3) is 0.188. The molecule has 1 aliphatic rings. The molecule has 0 N–H and O–H groups in total. The van der Waals surface area contributed by atoms with Gasteiger partial charge in [0.15, 0.2) is 0 Å². The van der Waals surface area contributed by atoms with Crippen molar-refractivity contribution in [3.05, 3.63) is 47.5 Å². The van der Waals surface area contributed by atoms with Gasteiger partial charge in [0.25, 0.3) is 5.91 Å². The van der Waals surface area contributed by atoms with E-state index in [4.69, 9.17) is 4.74 Å². The second kappa shape index (κ2) is 6.11. The van der Waals surface area contributed by atoms with Crippen LogP contribution in [0.3, 0.4) is 0 Å². The van der Waals surface area contributed by atoms with Crippen LogP contribution >= 0.6 is 11.3 Å². The first-order valence-corrected chi connectivity index (χ1v) is 7.81. The second-order valence-electron chi connectivity index (χ2n) is 4.67. The topological polar surface area (TPSA) is 54.8 Å². The van der Waals surface area contributed by atoms with Crippen LogP contribution in [0.1, 0.15) is 13.8 Å². The average molecular weight is 313 g/mol. The average Bonchev–Trinajstić information content (AvgIpc) is 3.12. The van der Waals surface area contributed by atoms with Crippen molar-refractivity contribution in [1.29, 1.82) is 0 Å². The number of hydrogen-bond donors (Lipinski definition) is 0. The highest BCUT2D eigenvalue weighted by molar-refractivity contribution is 7.14. The molecule has 2 aromatic rings. The summed E-state index contributed by atoms with van der Waals surface area (Å²) in [7, 11) is 0. The van der Waals surface area contributed by atoms with Gasteiger partial charge >= 0.3 is 0 Å². The number of carbonyl (C=O) groups is 1. The Hall–Kier alpha value is -2.47. The number of thiazole rings is 1. The van der Waals surface area contributed by atoms with Crippen LogP contribution in [0.5, 0.6) is 0 Å². The molecule has 22 heavy (non-hydrogen) atoms. The van der Waals surface area contributed by atoms with Crippen molar-refractivity contribution in [3.8, 4) is 11.3 Å². The number of hydrazone groups is 1. The zero-order valence-electron chi connectivity index (χ0n) is 12.3. The van der Waals surface area contributed by atoms with Gasteiger partial charge in [-0.3, -0.25) is 4.79 Å². The minimum atomic E-state index is -0.208. The number of nitrogens with zero attached hydrogens (tertiary/aromatic N) is 3. The Morgan fingerprint density at radius 3 is 2.82 bits per heavy atom. The van der Waals surface area contributed by atoms with Gasteiger partial charge in [-0.15, -0.1) is 11.3 Å². The van der Waals surface area contributed by atoms with Gasteiger partial charge in [0.05, 0.1) is 29.8 Å². The summed E-state index contributed by atoms with van der Waals surface area (Å²) >= 11 is 1.39. The third-order valence-corrected chi connectivity index (χ3v) is 3.99. The van der Waals surface area contributed by atoms with Crippen molar-refractivity contribution in [3.63, 3.8) is 0 Å². The van der Waals surface area contributed by atoms with Crippen molar-refractivity contribution in [2.75, 3.05) is 11.6 Å². The quantitative estimate of drug-likeness (QED) is 0.641. The maximum absolute atomic E-state index is 12.4. The first-order chi connectivity index (χ1) is 10.7. The largest absolute Gasteiger partial charge is 0.501 e. The number of anilines is 1. The Morgan fingerprint density at radius 1 is 1.32 bits per heavy atom. The van der Waals surface area contributed by atoms with E-state index in [-0.39, 0.29) is 5.91 Å². The van der Waals surface area contributed by atoms with E-state index in [1.807, 2.05) is 42.6 Å². The molecular weight excluding hydrogens is 298 g/mol. The molecule has 3 rings (SSSR count). The molecule has 0 saturated carbocycles. The number of rotatable bonds is 4. The first kappa shape index (κ1) is 14.5. The molecular formula is C16H15N3O2S. The van der Waals surface area contributed by atoms with Gasteiger partial charge in [0.1, 0.15) is 0 Å². The number of hydrogen-bond acceptors (Lipinski definition) is 5. The van der Waals surface area contributed by atoms with Crippen molar-refractivity contribution in [2.24, 2.45) is 5.10 Å². The monoisotopic (exact) mass is 313 g/mol. The minimum absolute atomic E-state index is 0.208. The van der Waals surface area contributed by atoms with Gasteiger partial charge in [-0.05, 0) is 13.8 Å². The van der Waals surface area contributed by atoms with E-state index < -0.39 is 0 Å². The van der Waals surface area contributed by atoms with E-state index in [0.717, 1.165) is 11.3 Å². The Balaban J connectivity index is 1.87. The molecule has 0 spiro atoms. The molecule has 0 atom stereocenters. The summed E-state index contributed by atoms with van der Waals surface area (Å²) in [5.41, 5.74) is 2.96. The van der Waals surface area contributed by atoms with E-state index >= 15 is 0 Å². The molecule has 1 aliphatic heterocycles. The third-order valence-electron chi connectivity index (χ3n) is 3.17. The van der Waals surface area contributed by atoms with Crippen LogP contribution in [0.4, 0.5) is 5.13 Å². The van der Waals surface area contributed by atoms with Gasteiger partial charge in [-0.25, -0.2) is 4.98 Å². The fourth-order valence-electron chi connectivity index (χ4n) is 2.05. The summed E-state index contributed by atoms with van der Waals surface area (Å²) in [6.45, 7) is 4.17. The first-order valence-electron chi connectivity index (χ1n) is 6.93. The molecule has 112 valence electrons. The molecule has 0 radical (unpaired) electrons. The van der Waals surface area contributed by atoms with Crippen LogP contribution in [-0.4, -0.2) is 23.2 Å². The van der Waals surface area contributed by atoms with Crippen molar-refractivity contribution in [1.82, 2.24) is 4.98 Å². The molecule has 0 saturated heterocycles. The smallest absolute Gasteiger partial charge is 0.285 e. The molecule has 1 aromatic carbocycles. The molecule has 0 fully saturated rings. The highest BCUT2D eigenvalue weighted by Crippen LogP contribution is 2.30. The summed E-state index contributed by atoms with van der Waals surface area (Å²) in [6.07, 6.45) is 1.47. The van der Waals surface area contributed by atoms with Gasteiger partial charge in [0, 0.05) is 10.9 Å². The van der Waals surface area contributed by atoms with Crippen molar-refractivity contribution >= 4 is 28.1 Å². The van der Waals surface area contributed by atoms with Gasteiger partial charge < -0.3 is 4.74 Å². The lowest BCUT2D eigenvalue weighted by Gasteiger charge is -2.06. The van der Waals surface area contributed by atoms with Gasteiger partial charge in [-0.2, -0.15) is 10.1 Å². The zero-order chi connectivity index (χ0) is 15.5. The fourth-order valence-corrected chi connectivity index (χ4v) is 2.83. The molecule has 1 aromatic heterocycles. The lowest BCUT2D eigenvalue weighted by Crippen LogP contribution is -2.21. The van der Waals surface area contributed by atoms with Crippen LogP contribution < -0.4 is 5.01 Å². The van der Waals surface area contributed by atoms with E-state index in [1.165, 1.54) is 22.6 Å². The van der Waals surface area contributed by atoms with Gasteiger partial charge in [-0.1, -0.05) is 30.3 Å². The summed E-state index contributed by atoms with van der Waals surface area (Å²) in [5, 5.41) is 8.09. The highest BCUT2D eigenvalue weighted by atomic mass is 32.1. The Bertz CT molecular complexity index is 750. The summed E-state index contributed by atoms with van der Waals surface area (Å²) in [6, 6.07) is 9.85.